The van der Waals surface area contributed by atoms with Gasteiger partial charge in [0, 0.05) is 13.1 Å². The van der Waals surface area contributed by atoms with Crippen molar-refractivity contribution in [3.8, 4) is 11.5 Å². The standard InChI is InChI=1S/C15H21NO4/c1-4-16-8-9-20-13(10-16)15(17)14-11(18-2)6-5-7-12(14)19-3/h5-7,13H,4,8-10H2,1-3H3. The second kappa shape index (κ2) is 6.72. The zero-order valence-electron chi connectivity index (χ0n) is 12.2. The molecule has 1 unspecified atom stereocenters. The minimum Gasteiger partial charge on any atom is -0.496 e. The van der Waals surface area contributed by atoms with Crippen molar-refractivity contribution in [2.75, 3.05) is 40.5 Å². The van der Waals surface area contributed by atoms with Gasteiger partial charge < -0.3 is 14.2 Å². The second-order valence-electron chi connectivity index (χ2n) is 4.65. The summed E-state index contributed by atoms with van der Waals surface area (Å²) in [5, 5.41) is 0. The second-order valence-corrected chi connectivity index (χ2v) is 4.65. The highest BCUT2D eigenvalue weighted by Gasteiger charge is 2.30. The molecule has 1 aromatic carbocycles. The topological polar surface area (TPSA) is 48.0 Å². The number of carbonyl (C=O) groups excluding carboxylic acids is 1. The fourth-order valence-corrected chi connectivity index (χ4v) is 2.40. The first-order chi connectivity index (χ1) is 9.71. The average Bonchev–Trinajstić information content (AvgIpc) is 2.53. The summed E-state index contributed by atoms with van der Waals surface area (Å²) in [7, 11) is 3.09. The van der Waals surface area contributed by atoms with Crippen LogP contribution < -0.4 is 9.47 Å². The lowest BCUT2D eigenvalue weighted by Gasteiger charge is -2.31. The third kappa shape index (κ3) is 2.94. The molecule has 1 aliphatic heterocycles. The van der Waals surface area contributed by atoms with Gasteiger partial charge in [-0.2, -0.15) is 0 Å². The number of methoxy groups -OCH3 is 2. The van der Waals surface area contributed by atoms with Gasteiger partial charge in [0.2, 0.25) is 0 Å². The molecule has 1 fully saturated rings. The number of likely N-dealkylation sites (N-methyl/N-ethyl adjacent to an activating group) is 1. The molecule has 0 N–H and O–H groups in total. The van der Waals surface area contributed by atoms with Crippen molar-refractivity contribution in [2.24, 2.45) is 0 Å². The molecule has 0 aliphatic carbocycles. The lowest BCUT2D eigenvalue weighted by atomic mass is 10.0. The lowest BCUT2D eigenvalue weighted by molar-refractivity contribution is -0.0151. The van der Waals surface area contributed by atoms with Crippen molar-refractivity contribution < 1.29 is 19.0 Å². The Morgan fingerprint density at radius 2 is 2.00 bits per heavy atom. The fourth-order valence-electron chi connectivity index (χ4n) is 2.40. The number of morpholine rings is 1. The molecule has 110 valence electrons. The maximum absolute atomic E-state index is 12.7. The quantitative estimate of drug-likeness (QED) is 0.766. The van der Waals surface area contributed by atoms with E-state index in [1.165, 1.54) is 0 Å². The SMILES string of the molecule is CCN1CCOC(C(=O)c2c(OC)cccc2OC)C1. The molecule has 0 bridgehead atoms. The van der Waals surface area contributed by atoms with Gasteiger partial charge in [0.05, 0.1) is 20.8 Å². The Kier molecular flexibility index (Phi) is 4.98. The average molecular weight is 279 g/mol. The lowest BCUT2D eigenvalue weighted by Crippen LogP contribution is -2.46. The van der Waals surface area contributed by atoms with Crippen LogP contribution >= 0.6 is 0 Å². The maximum Gasteiger partial charge on any atom is 0.200 e. The highest BCUT2D eigenvalue weighted by molar-refractivity contribution is 6.04. The van der Waals surface area contributed by atoms with Crippen molar-refractivity contribution in [1.29, 1.82) is 0 Å². The fraction of sp³-hybridized carbons (Fsp3) is 0.533. The van der Waals surface area contributed by atoms with E-state index in [0.29, 0.717) is 30.2 Å². The number of ether oxygens (including phenoxy) is 3. The van der Waals surface area contributed by atoms with E-state index >= 15 is 0 Å². The van der Waals surface area contributed by atoms with E-state index in [4.69, 9.17) is 14.2 Å². The summed E-state index contributed by atoms with van der Waals surface area (Å²) >= 11 is 0. The van der Waals surface area contributed by atoms with Gasteiger partial charge in [-0.25, -0.2) is 0 Å². The summed E-state index contributed by atoms with van der Waals surface area (Å²) in [5.41, 5.74) is 0.459. The van der Waals surface area contributed by atoms with Gasteiger partial charge in [0.25, 0.3) is 0 Å². The van der Waals surface area contributed by atoms with Crippen molar-refractivity contribution in [1.82, 2.24) is 4.90 Å². The van der Waals surface area contributed by atoms with Gasteiger partial charge in [0.1, 0.15) is 23.2 Å². The Balaban J connectivity index is 2.28. The third-order valence-electron chi connectivity index (χ3n) is 3.56. The molecule has 0 radical (unpaired) electrons. The van der Waals surface area contributed by atoms with Gasteiger partial charge >= 0.3 is 0 Å². The van der Waals surface area contributed by atoms with E-state index < -0.39 is 6.10 Å². The summed E-state index contributed by atoms with van der Waals surface area (Å²) in [6.07, 6.45) is -0.464. The number of nitrogens with zero attached hydrogens (tertiary/aromatic N) is 1. The Hall–Kier alpha value is -1.59. The van der Waals surface area contributed by atoms with Crippen LogP contribution in [-0.2, 0) is 4.74 Å². The number of hydrogen-bond donors (Lipinski definition) is 0. The number of Topliss-reactive ketones (excluding diaryl/α,β-unsaturated/α-hetero) is 1. The van der Waals surface area contributed by atoms with E-state index in [2.05, 4.69) is 11.8 Å². The number of benzene rings is 1. The Morgan fingerprint density at radius 3 is 2.55 bits per heavy atom. The molecule has 1 heterocycles. The molecule has 5 nitrogen and oxygen atoms in total. The summed E-state index contributed by atoms with van der Waals surface area (Å²) < 4.78 is 16.2. The van der Waals surface area contributed by atoms with E-state index in [9.17, 15) is 4.79 Å². The normalized spacial score (nSPS) is 19.6. The van der Waals surface area contributed by atoms with Gasteiger partial charge in [0.15, 0.2) is 5.78 Å². The van der Waals surface area contributed by atoms with E-state index in [-0.39, 0.29) is 5.78 Å². The Bertz CT molecular complexity index is 453. The molecule has 0 saturated carbocycles. The van der Waals surface area contributed by atoms with Crippen LogP contribution in [0.4, 0.5) is 0 Å². The highest BCUT2D eigenvalue weighted by atomic mass is 16.5. The van der Waals surface area contributed by atoms with Gasteiger partial charge in [-0.15, -0.1) is 0 Å². The Morgan fingerprint density at radius 1 is 1.35 bits per heavy atom. The van der Waals surface area contributed by atoms with Crippen LogP contribution in [0.5, 0.6) is 11.5 Å². The maximum atomic E-state index is 12.7. The summed E-state index contributed by atoms with van der Waals surface area (Å²) in [5.74, 6) is 0.954. The van der Waals surface area contributed by atoms with Crippen LogP contribution in [0.2, 0.25) is 0 Å². The molecule has 1 aromatic rings. The number of hydrogen-bond acceptors (Lipinski definition) is 5. The van der Waals surface area contributed by atoms with Gasteiger partial charge in [-0.05, 0) is 18.7 Å². The molecule has 5 heteroatoms. The van der Waals surface area contributed by atoms with Crippen LogP contribution in [0.25, 0.3) is 0 Å². The molecule has 0 spiro atoms. The number of carbonyl (C=O) groups is 1. The van der Waals surface area contributed by atoms with Crippen LogP contribution in [-0.4, -0.2) is 57.2 Å². The summed E-state index contributed by atoms with van der Waals surface area (Å²) in [6, 6.07) is 5.32. The number of rotatable bonds is 5. The molecule has 2 rings (SSSR count). The summed E-state index contributed by atoms with van der Waals surface area (Å²) in [6.45, 7) is 5.04. The zero-order valence-corrected chi connectivity index (χ0v) is 12.2. The van der Waals surface area contributed by atoms with Crippen molar-refractivity contribution in [3.05, 3.63) is 23.8 Å². The molecule has 1 saturated heterocycles. The molecule has 0 aromatic heterocycles. The van der Waals surface area contributed by atoms with Crippen LogP contribution in [0.15, 0.2) is 18.2 Å². The van der Waals surface area contributed by atoms with Crippen LogP contribution in [0.3, 0.4) is 0 Å². The minimum atomic E-state index is -0.464. The van der Waals surface area contributed by atoms with Crippen molar-refractivity contribution in [3.63, 3.8) is 0 Å². The predicted octanol–water partition coefficient (Wildman–Crippen LogP) is 1.61. The van der Waals surface area contributed by atoms with Crippen LogP contribution in [0.1, 0.15) is 17.3 Å². The third-order valence-corrected chi connectivity index (χ3v) is 3.56. The number of ketones is 1. The van der Waals surface area contributed by atoms with Crippen molar-refractivity contribution in [2.45, 2.75) is 13.0 Å². The molecule has 1 aliphatic rings. The zero-order chi connectivity index (χ0) is 14.5. The Labute approximate surface area is 119 Å². The first kappa shape index (κ1) is 14.8. The first-order valence-electron chi connectivity index (χ1n) is 6.80. The van der Waals surface area contributed by atoms with E-state index in [0.717, 1.165) is 13.1 Å². The van der Waals surface area contributed by atoms with Gasteiger partial charge in [-0.1, -0.05) is 13.0 Å². The van der Waals surface area contributed by atoms with Crippen LogP contribution in [0, 0.1) is 0 Å². The molecule has 20 heavy (non-hydrogen) atoms. The monoisotopic (exact) mass is 279 g/mol. The molecule has 0 amide bonds. The minimum absolute atomic E-state index is 0.0857. The van der Waals surface area contributed by atoms with E-state index in [1.54, 1.807) is 32.4 Å². The predicted molar refractivity (Wildman–Crippen MR) is 75.7 cm³/mol. The smallest absolute Gasteiger partial charge is 0.200 e. The molecular formula is C15H21NO4. The first-order valence-corrected chi connectivity index (χ1v) is 6.80. The largest absolute Gasteiger partial charge is 0.496 e. The molecular weight excluding hydrogens is 258 g/mol. The highest BCUT2D eigenvalue weighted by Crippen LogP contribution is 2.30. The summed E-state index contributed by atoms with van der Waals surface area (Å²) in [4.78, 5) is 14.9. The van der Waals surface area contributed by atoms with Crippen molar-refractivity contribution >= 4 is 5.78 Å². The van der Waals surface area contributed by atoms with E-state index in [1.807, 2.05) is 0 Å². The van der Waals surface area contributed by atoms with Gasteiger partial charge in [-0.3, -0.25) is 9.69 Å². The molecule has 1 atom stereocenters.